The zero-order chi connectivity index (χ0) is 19.6. The van der Waals surface area contributed by atoms with Gasteiger partial charge in [-0.3, -0.25) is 4.90 Å². The van der Waals surface area contributed by atoms with Crippen LogP contribution in [0, 0.1) is 0 Å². The zero-order valence-corrected chi connectivity index (χ0v) is 18.4. The molecule has 6 nitrogen and oxygen atoms in total. The number of halogens is 1. The molecule has 29 heavy (non-hydrogen) atoms. The molecule has 0 amide bonds. The van der Waals surface area contributed by atoms with Gasteiger partial charge in [0.25, 0.3) is 0 Å². The molecular formula is C21H28ClN5OS. The molecule has 3 aliphatic rings. The number of nitrogens with zero attached hydrogens (tertiary/aromatic N) is 5. The summed E-state index contributed by atoms with van der Waals surface area (Å²) in [7, 11) is 0. The minimum atomic E-state index is 0.571. The highest BCUT2D eigenvalue weighted by molar-refractivity contribution is 7.16. The van der Waals surface area contributed by atoms with E-state index >= 15 is 0 Å². The summed E-state index contributed by atoms with van der Waals surface area (Å²) >= 11 is 8.20. The van der Waals surface area contributed by atoms with Gasteiger partial charge < -0.3 is 9.64 Å². The van der Waals surface area contributed by atoms with Crippen LogP contribution < -0.4 is 4.90 Å². The maximum absolute atomic E-state index is 6.48. The largest absolute Gasteiger partial charge is 0.378 e. The molecule has 1 aliphatic carbocycles. The maximum atomic E-state index is 6.48. The van der Waals surface area contributed by atoms with Gasteiger partial charge in [0, 0.05) is 62.5 Å². The van der Waals surface area contributed by atoms with Crippen LogP contribution in [0.2, 0.25) is 5.15 Å². The van der Waals surface area contributed by atoms with Crippen molar-refractivity contribution in [3.8, 4) is 0 Å². The van der Waals surface area contributed by atoms with Crippen molar-refractivity contribution in [2.45, 2.75) is 57.5 Å². The van der Waals surface area contributed by atoms with Crippen LogP contribution in [0.5, 0.6) is 0 Å². The van der Waals surface area contributed by atoms with Crippen molar-refractivity contribution >= 4 is 28.1 Å². The number of hydrogen-bond acceptors (Lipinski definition) is 7. The number of ether oxygens (including phenoxy) is 1. The van der Waals surface area contributed by atoms with E-state index in [0.717, 1.165) is 68.2 Å². The summed E-state index contributed by atoms with van der Waals surface area (Å²) in [5.41, 5.74) is 2.52. The van der Waals surface area contributed by atoms with Crippen LogP contribution in [0.4, 0.5) is 5.13 Å². The Labute approximate surface area is 181 Å². The fourth-order valence-electron chi connectivity index (χ4n) is 4.59. The first-order chi connectivity index (χ1) is 14.3. The predicted octanol–water partition coefficient (Wildman–Crippen LogP) is 4.03. The minimum absolute atomic E-state index is 0.571. The summed E-state index contributed by atoms with van der Waals surface area (Å²) in [6.45, 7) is 6.04. The summed E-state index contributed by atoms with van der Waals surface area (Å²) in [5.74, 6) is 1.65. The van der Waals surface area contributed by atoms with Gasteiger partial charge in [0.15, 0.2) is 5.13 Å². The van der Waals surface area contributed by atoms with Crippen molar-refractivity contribution in [3.63, 3.8) is 0 Å². The molecule has 1 saturated carbocycles. The molecule has 156 valence electrons. The first-order valence-corrected chi connectivity index (χ1v) is 12.0. The van der Waals surface area contributed by atoms with E-state index in [1.165, 1.54) is 43.4 Å². The summed E-state index contributed by atoms with van der Waals surface area (Å²) in [4.78, 5) is 20.2. The summed E-state index contributed by atoms with van der Waals surface area (Å²) < 4.78 is 5.44. The highest BCUT2D eigenvalue weighted by atomic mass is 35.5. The third kappa shape index (κ3) is 4.43. The average molecular weight is 434 g/mol. The Morgan fingerprint density at radius 1 is 1.10 bits per heavy atom. The lowest BCUT2D eigenvalue weighted by molar-refractivity contribution is 0.122. The van der Waals surface area contributed by atoms with E-state index in [-0.39, 0.29) is 0 Å². The third-order valence-electron chi connectivity index (χ3n) is 6.29. The van der Waals surface area contributed by atoms with Crippen molar-refractivity contribution in [2.24, 2.45) is 0 Å². The van der Waals surface area contributed by atoms with Crippen molar-refractivity contribution in [2.75, 3.05) is 37.7 Å². The molecule has 0 spiro atoms. The topological polar surface area (TPSA) is 54.4 Å². The van der Waals surface area contributed by atoms with Gasteiger partial charge in [-0.25, -0.2) is 15.0 Å². The lowest BCUT2D eigenvalue weighted by Crippen LogP contribution is -2.36. The van der Waals surface area contributed by atoms with E-state index in [9.17, 15) is 0 Å². The molecule has 2 aliphatic heterocycles. The Balaban J connectivity index is 1.25. The Bertz CT molecular complexity index is 848. The normalized spacial score (nSPS) is 21.3. The second-order valence-electron chi connectivity index (χ2n) is 8.31. The molecule has 0 unspecified atom stereocenters. The van der Waals surface area contributed by atoms with Crippen molar-refractivity contribution in [1.29, 1.82) is 0 Å². The second-order valence-corrected chi connectivity index (χ2v) is 9.73. The van der Waals surface area contributed by atoms with Crippen LogP contribution in [0.3, 0.4) is 0 Å². The van der Waals surface area contributed by atoms with Crippen LogP contribution in [-0.4, -0.2) is 52.7 Å². The molecule has 2 aromatic heterocycles. The Kier molecular flexibility index (Phi) is 5.99. The summed E-state index contributed by atoms with van der Waals surface area (Å²) in [6.07, 6.45) is 9.57. The standard InChI is InChI=1S/C21H28ClN5OS/c22-19-18(29-21(25-19)27-8-10-28-11-9-27)14-26-7-6-17-16(13-26)12-23-20(24-17)15-4-2-1-3-5-15/h12,15H,1-11,13-14H2. The molecule has 8 heteroatoms. The van der Waals surface area contributed by atoms with Crippen LogP contribution >= 0.6 is 22.9 Å². The monoisotopic (exact) mass is 433 g/mol. The summed E-state index contributed by atoms with van der Waals surface area (Å²) in [5, 5.41) is 1.66. The van der Waals surface area contributed by atoms with Gasteiger partial charge in [-0.2, -0.15) is 0 Å². The maximum Gasteiger partial charge on any atom is 0.187 e. The van der Waals surface area contributed by atoms with Gasteiger partial charge >= 0.3 is 0 Å². The van der Waals surface area contributed by atoms with Crippen molar-refractivity contribution in [3.05, 3.63) is 33.3 Å². The van der Waals surface area contributed by atoms with E-state index in [1.54, 1.807) is 11.3 Å². The van der Waals surface area contributed by atoms with E-state index in [2.05, 4.69) is 21.0 Å². The van der Waals surface area contributed by atoms with Crippen LogP contribution in [0.25, 0.3) is 0 Å². The fourth-order valence-corrected chi connectivity index (χ4v) is 5.95. The lowest BCUT2D eigenvalue weighted by Gasteiger charge is -2.28. The second kappa shape index (κ2) is 8.84. The van der Waals surface area contributed by atoms with Gasteiger partial charge in [0.1, 0.15) is 11.0 Å². The Morgan fingerprint density at radius 2 is 1.93 bits per heavy atom. The van der Waals surface area contributed by atoms with Crippen LogP contribution in [0.1, 0.15) is 60.0 Å². The highest BCUT2D eigenvalue weighted by Crippen LogP contribution is 2.33. The highest BCUT2D eigenvalue weighted by Gasteiger charge is 2.24. The quantitative estimate of drug-likeness (QED) is 0.725. The van der Waals surface area contributed by atoms with Gasteiger partial charge in [0.05, 0.1) is 18.1 Å². The van der Waals surface area contributed by atoms with E-state index in [0.29, 0.717) is 11.1 Å². The number of aromatic nitrogens is 3. The Morgan fingerprint density at radius 3 is 2.76 bits per heavy atom. The number of anilines is 1. The van der Waals surface area contributed by atoms with Crippen LogP contribution in [-0.2, 0) is 24.2 Å². The molecule has 5 rings (SSSR count). The van der Waals surface area contributed by atoms with E-state index < -0.39 is 0 Å². The number of hydrogen-bond donors (Lipinski definition) is 0. The zero-order valence-electron chi connectivity index (χ0n) is 16.8. The van der Waals surface area contributed by atoms with Crippen molar-refractivity contribution in [1.82, 2.24) is 19.9 Å². The SMILES string of the molecule is Clc1nc(N2CCOCC2)sc1CN1CCc2nc(C3CCCCC3)ncc2C1. The first-order valence-electron chi connectivity index (χ1n) is 10.8. The van der Waals surface area contributed by atoms with Gasteiger partial charge in [-0.05, 0) is 12.8 Å². The third-order valence-corrected chi connectivity index (χ3v) is 7.81. The molecule has 0 bridgehead atoms. The van der Waals surface area contributed by atoms with E-state index in [4.69, 9.17) is 26.3 Å². The Hall–Kier alpha value is -1.28. The average Bonchev–Trinajstić information content (AvgIpc) is 3.15. The van der Waals surface area contributed by atoms with Crippen molar-refractivity contribution < 1.29 is 4.74 Å². The van der Waals surface area contributed by atoms with Crippen LogP contribution in [0.15, 0.2) is 6.20 Å². The predicted molar refractivity (Wildman–Crippen MR) is 116 cm³/mol. The molecule has 2 aromatic rings. The number of fused-ring (bicyclic) bond motifs is 1. The lowest BCUT2D eigenvalue weighted by atomic mass is 9.88. The summed E-state index contributed by atoms with van der Waals surface area (Å²) in [6, 6.07) is 0. The van der Waals surface area contributed by atoms with Gasteiger partial charge in [-0.1, -0.05) is 42.2 Å². The smallest absolute Gasteiger partial charge is 0.187 e. The molecular weight excluding hydrogens is 406 g/mol. The molecule has 2 fully saturated rings. The minimum Gasteiger partial charge on any atom is -0.378 e. The molecule has 0 atom stereocenters. The fraction of sp³-hybridized carbons (Fsp3) is 0.667. The van der Waals surface area contributed by atoms with Gasteiger partial charge in [-0.15, -0.1) is 0 Å². The number of rotatable bonds is 4. The van der Waals surface area contributed by atoms with E-state index in [1.807, 2.05) is 0 Å². The molecule has 0 N–H and O–H groups in total. The number of morpholine rings is 1. The first kappa shape index (κ1) is 19.7. The molecule has 1 saturated heterocycles. The number of thiazole rings is 1. The van der Waals surface area contributed by atoms with Gasteiger partial charge in [0.2, 0.25) is 0 Å². The molecule has 0 radical (unpaired) electrons. The molecule has 0 aromatic carbocycles. The molecule has 4 heterocycles.